The second kappa shape index (κ2) is 9.45. The third-order valence-electron chi connectivity index (χ3n) is 9.64. The molecule has 0 nitrogen and oxygen atoms in total. The van der Waals surface area contributed by atoms with Crippen LogP contribution in [0.25, 0.3) is 43.1 Å². The molecule has 0 bridgehead atoms. The molecule has 5 aromatic rings. The molecule has 0 saturated heterocycles. The lowest BCUT2D eigenvalue weighted by atomic mass is 9.70. The van der Waals surface area contributed by atoms with Crippen molar-refractivity contribution in [3.63, 3.8) is 0 Å². The molecule has 0 aliphatic heterocycles. The van der Waals surface area contributed by atoms with E-state index >= 15 is 0 Å². The van der Waals surface area contributed by atoms with Crippen molar-refractivity contribution < 1.29 is 0 Å². The van der Waals surface area contributed by atoms with Crippen molar-refractivity contribution >= 4 is 43.1 Å². The molecule has 0 heteroatoms. The predicted molar refractivity (Wildman–Crippen MR) is 191 cm³/mol. The van der Waals surface area contributed by atoms with E-state index in [9.17, 15) is 0 Å². The fourth-order valence-electron chi connectivity index (χ4n) is 7.51. The Kier molecular flexibility index (Phi) is 6.94. The fourth-order valence-corrected chi connectivity index (χ4v) is 7.51. The predicted octanol–water partition coefficient (Wildman–Crippen LogP) is 13.2. The first kappa shape index (κ1) is 30.8. The van der Waals surface area contributed by atoms with Crippen molar-refractivity contribution in [3.8, 4) is 0 Å². The normalized spacial score (nSPS) is 14.1. The average molecular weight is 561 g/mol. The molecule has 0 aromatic heterocycles. The monoisotopic (exact) mass is 560 g/mol. The molecule has 0 unspecified atom stereocenters. The third-order valence-corrected chi connectivity index (χ3v) is 9.64. The molecule has 5 rings (SSSR count). The van der Waals surface area contributed by atoms with Crippen LogP contribution < -0.4 is 0 Å². The number of hydrogen-bond acceptors (Lipinski definition) is 0. The van der Waals surface area contributed by atoms with Crippen molar-refractivity contribution in [2.45, 2.75) is 144 Å². The van der Waals surface area contributed by atoms with Gasteiger partial charge in [-0.2, -0.15) is 0 Å². The minimum atomic E-state index is 0.0312. The van der Waals surface area contributed by atoms with Crippen LogP contribution in [0, 0.1) is 0 Å². The lowest BCUT2D eigenvalue weighted by molar-refractivity contribution is 0.579. The van der Waals surface area contributed by atoms with Crippen LogP contribution in [-0.2, 0) is 21.7 Å². The Hall–Kier alpha value is -2.60. The van der Waals surface area contributed by atoms with Gasteiger partial charge in [0.1, 0.15) is 0 Å². The molecule has 5 aromatic carbocycles. The molecule has 0 radical (unpaired) electrons. The molecule has 0 fully saturated rings. The van der Waals surface area contributed by atoms with Crippen LogP contribution in [0.5, 0.6) is 0 Å². The molecule has 0 N–H and O–H groups in total. The topological polar surface area (TPSA) is 0 Å². The summed E-state index contributed by atoms with van der Waals surface area (Å²) in [5, 5.41) is 11.8. The molecule has 0 aliphatic rings. The maximum Gasteiger partial charge on any atom is -0.00174 e. The summed E-state index contributed by atoms with van der Waals surface area (Å²) in [4.78, 5) is 0. The standard InChI is InChI=1S/C42H56/c1-23(2)27-21-31(41(11,12)13)37-29(39(5,6)7)20-18-26-34-28(24(3)4)22-32(42(14,15)16)38-30(40(8,9)10)19-17-25(36(34)38)33(27)35(26)37/h17-24H,1-16H3. The third kappa shape index (κ3) is 4.63. The van der Waals surface area contributed by atoms with E-state index in [1.54, 1.807) is 0 Å². The quantitative estimate of drug-likeness (QED) is 0.149. The first-order valence-corrected chi connectivity index (χ1v) is 16.4. The van der Waals surface area contributed by atoms with Gasteiger partial charge in [-0.3, -0.25) is 0 Å². The van der Waals surface area contributed by atoms with Gasteiger partial charge in [0.2, 0.25) is 0 Å². The highest BCUT2D eigenvalue weighted by atomic mass is 14.4. The SMILES string of the molecule is CC(C)c1cc(C(C)(C)C)c2c(C(C)(C)C)ccc3c4c(C(C)C)cc(C(C)(C)C)c5c(C(C)(C)C)ccc(c1c23)c54. The smallest absolute Gasteiger partial charge is 0.00174 e. The van der Waals surface area contributed by atoms with Crippen molar-refractivity contribution in [2.24, 2.45) is 0 Å². The molecule has 0 saturated carbocycles. The lowest BCUT2D eigenvalue weighted by Gasteiger charge is -2.34. The first-order chi connectivity index (χ1) is 19.1. The summed E-state index contributed by atoms with van der Waals surface area (Å²) in [5.74, 6) is 0.844. The summed E-state index contributed by atoms with van der Waals surface area (Å²) in [7, 11) is 0. The van der Waals surface area contributed by atoms with Crippen LogP contribution in [0.3, 0.4) is 0 Å². The summed E-state index contributed by atoms with van der Waals surface area (Å²) < 4.78 is 0. The minimum Gasteiger partial charge on any atom is -0.0587 e. The van der Waals surface area contributed by atoms with Crippen LogP contribution in [-0.4, -0.2) is 0 Å². The van der Waals surface area contributed by atoms with E-state index in [1.165, 1.54) is 76.5 Å². The largest absolute Gasteiger partial charge is 0.0587 e. The van der Waals surface area contributed by atoms with Gasteiger partial charge in [-0.05, 0) is 110 Å². The molecule has 0 atom stereocenters. The Morgan fingerprint density at radius 3 is 0.881 bits per heavy atom. The lowest BCUT2D eigenvalue weighted by Crippen LogP contribution is -2.19. The van der Waals surface area contributed by atoms with E-state index in [0.717, 1.165) is 0 Å². The van der Waals surface area contributed by atoms with Crippen molar-refractivity contribution in [1.82, 2.24) is 0 Å². The van der Waals surface area contributed by atoms with Gasteiger partial charge >= 0.3 is 0 Å². The molecule has 0 aliphatic carbocycles. The number of fused-ring (bicyclic) bond motifs is 2. The molecule has 0 amide bonds. The van der Waals surface area contributed by atoms with E-state index < -0.39 is 0 Å². The van der Waals surface area contributed by atoms with E-state index in [2.05, 4.69) is 147 Å². The van der Waals surface area contributed by atoms with Crippen molar-refractivity contribution in [2.75, 3.05) is 0 Å². The molecular formula is C42H56. The molecule has 0 spiro atoms. The maximum absolute atomic E-state index is 2.59. The van der Waals surface area contributed by atoms with E-state index in [0.29, 0.717) is 11.8 Å². The highest BCUT2D eigenvalue weighted by Crippen LogP contribution is 2.53. The summed E-state index contributed by atoms with van der Waals surface area (Å²) in [5.41, 5.74) is 9.02. The zero-order chi connectivity index (χ0) is 31.5. The molecule has 0 heterocycles. The van der Waals surface area contributed by atoms with E-state index in [-0.39, 0.29) is 21.7 Å². The summed E-state index contributed by atoms with van der Waals surface area (Å²) in [6, 6.07) is 15.1. The van der Waals surface area contributed by atoms with Gasteiger partial charge in [0.05, 0.1) is 0 Å². The van der Waals surface area contributed by atoms with Gasteiger partial charge in [-0.1, -0.05) is 147 Å². The Labute approximate surface area is 256 Å². The van der Waals surface area contributed by atoms with Gasteiger partial charge in [0.15, 0.2) is 0 Å². The van der Waals surface area contributed by atoms with E-state index in [4.69, 9.17) is 0 Å². The molecule has 42 heavy (non-hydrogen) atoms. The Balaban J connectivity index is 2.30. The van der Waals surface area contributed by atoms with Crippen LogP contribution >= 0.6 is 0 Å². The van der Waals surface area contributed by atoms with E-state index in [1.807, 2.05) is 0 Å². The Morgan fingerprint density at radius 2 is 0.643 bits per heavy atom. The Morgan fingerprint density at radius 1 is 0.357 bits per heavy atom. The van der Waals surface area contributed by atoms with Crippen molar-refractivity contribution in [3.05, 3.63) is 69.8 Å². The molecule has 224 valence electrons. The summed E-state index contributed by atoms with van der Waals surface area (Å²) in [6.07, 6.45) is 0. The van der Waals surface area contributed by atoms with Gasteiger partial charge in [-0.25, -0.2) is 0 Å². The zero-order valence-electron chi connectivity index (χ0n) is 29.6. The van der Waals surface area contributed by atoms with Crippen LogP contribution in [0.2, 0.25) is 0 Å². The van der Waals surface area contributed by atoms with Gasteiger partial charge < -0.3 is 0 Å². The van der Waals surface area contributed by atoms with Gasteiger partial charge in [0, 0.05) is 0 Å². The summed E-state index contributed by atoms with van der Waals surface area (Å²) >= 11 is 0. The minimum absolute atomic E-state index is 0.0312. The number of rotatable bonds is 2. The Bertz CT molecular complexity index is 1690. The van der Waals surface area contributed by atoms with Crippen molar-refractivity contribution in [1.29, 1.82) is 0 Å². The number of hydrogen-bond donors (Lipinski definition) is 0. The van der Waals surface area contributed by atoms with Crippen LogP contribution in [0.15, 0.2) is 36.4 Å². The fraction of sp³-hybridized carbons (Fsp3) is 0.524. The second-order valence-corrected chi connectivity index (χ2v) is 17.9. The highest BCUT2D eigenvalue weighted by Gasteiger charge is 2.32. The van der Waals surface area contributed by atoms with Gasteiger partial charge in [0.25, 0.3) is 0 Å². The second-order valence-electron chi connectivity index (χ2n) is 17.9. The van der Waals surface area contributed by atoms with Gasteiger partial charge in [-0.15, -0.1) is 0 Å². The first-order valence-electron chi connectivity index (χ1n) is 16.4. The highest BCUT2D eigenvalue weighted by molar-refractivity contribution is 6.35. The maximum atomic E-state index is 2.59. The zero-order valence-corrected chi connectivity index (χ0v) is 29.6. The molecular weight excluding hydrogens is 504 g/mol. The number of benzene rings is 5. The average Bonchev–Trinajstić information content (AvgIpc) is 2.82. The summed E-state index contributed by atoms with van der Waals surface area (Å²) in [6.45, 7) is 38.2. The van der Waals surface area contributed by atoms with Crippen LogP contribution in [0.4, 0.5) is 0 Å². The van der Waals surface area contributed by atoms with Crippen LogP contribution in [0.1, 0.15) is 156 Å².